The largest absolute Gasteiger partial charge is 0.461 e. The van der Waals surface area contributed by atoms with E-state index in [1.54, 1.807) is 26.1 Å². The molecule has 122 valence electrons. The molecular formula is C16H19N3O4. The van der Waals surface area contributed by atoms with Gasteiger partial charge in [-0.25, -0.2) is 14.3 Å². The molecule has 7 heteroatoms. The molecule has 1 unspecified atom stereocenters. The molecule has 0 aliphatic heterocycles. The van der Waals surface area contributed by atoms with Gasteiger partial charge in [-0.2, -0.15) is 5.10 Å². The van der Waals surface area contributed by atoms with Crippen LogP contribution in [0.25, 0.3) is 0 Å². The summed E-state index contributed by atoms with van der Waals surface area (Å²) in [5, 5.41) is 4.21. The van der Waals surface area contributed by atoms with Crippen LogP contribution in [-0.2, 0) is 9.47 Å². The van der Waals surface area contributed by atoms with Gasteiger partial charge in [0.15, 0.2) is 5.69 Å². The van der Waals surface area contributed by atoms with E-state index in [0.29, 0.717) is 0 Å². The Morgan fingerprint density at radius 1 is 1.17 bits per heavy atom. The summed E-state index contributed by atoms with van der Waals surface area (Å²) in [6.07, 6.45) is 1.66. The van der Waals surface area contributed by atoms with Crippen LogP contribution in [0.5, 0.6) is 0 Å². The molecule has 2 rings (SSSR count). The van der Waals surface area contributed by atoms with E-state index in [1.807, 2.05) is 19.1 Å². The lowest BCUT2D eigenvalue weighted by atomic mass is 10.2. The molecule has 2 heterocycles. The van der Waals surface area contributed by atoms with Crippen molar-refractivity contribution < 1.29 is 19.1 Å². The minimum absolute atomic E-state index is 0.0673. The van der Waals surface area contributed by atoms with Crippen LogP contribution in [0.15, 0.2) is 30.5 Å². The van der Waals surface area contributed by atoms with Crippen LogP contribution in [0.2, 0.25) is 0 Å². The Morgan fingerprint density at radius 3 is 2.48 bits per heavy atom. The molecule has 0 radical (unpaired) electrons. The third-order valence-electron chi connectivity index (χ3n) is 3.19. The van der Waals surface area contributed by atoms with Gasteiger partial charge >= 0.3 is 11.9 Å². The number of aromatic nitrogens is 3. The van der Waals surface area contributed by atoms with Gasteiger partial charge in [-0.15, -0.1) is 0 Å². The highest BCUT2D eigenvalue weighted by molar-refractivity contribution is 5.93. The Labute approximate surface area is 134 Å². The topological polar surface area (TPSA) is 83.3 Å². The number of pyridine rings is 1. The lowest BCUT2D eigenvalue weighted by molar-refractivity contribution is 0.0504. The van der Waals surface area contributed by atoms with Gasteiger partial charge in [-0.1, -0.05) is 6.07 Å². The second-order valence-corrected chi connectivity index (χ2v) is 4.73. The number of rotatable bonds is 6. The Kier molecular flexibility index (Phi) is 5.46. The monoisotopic (exact) mass is 317 g/mol. The van der Waals surface area contributed by atoms with Crippen molar-refractivity contribution in [3.8, 4) is 0 Å². The van der Waals surface area contributed by atoms with Gasteiger partial charge in [0.05, 0.1) is 24.9 Å². The number of esters is 2. The number of carbonyl (C=O) groups is 2. The molecule has 23 heavy (non-hydrogen) atoms. The third kappa shape index (κ3) is 3.74. The van der Waals surface area contributed by atoms with Crippen molar-refractivity contribution in [3.05, 3.63) is 47.5 Å². The summed E-state index contributed by atoms with van der Waals surface area (Å²) in [5.74, 6) is -1.12. The maximum absolute atomic E-state index is 12.1. The average molecular weight is 317 g/mol. The van der Waals surface area contributed by atoms with Crippen LogP contribution in [0.4, 0.5) is 0 Å². The van der Waals surface area contributed by atoms with Crippen LogP contribution in [-0.4, -0.2) is 39.9 Å². The van der Waals surface area contributed by atoms with Crippen LogP contribution in [0.3, 0.4) is 0 Å². The first-order valence-electron chi connectivity index (χ1n) is 7.43. The summed E-state index contributed by atoms with van der Waals surface area (Å²) in [4.78, 5) is 28.3. The van der Waals surface area contributed by atoms with Crippen LogP contribution < -0.4 is 0 Å². The maximum Gasteiger partial charge on any atom is 0.358 e. The zero-order valence-electron chi connectivity index (χ0n) is 13.4. The zero-order chi connectivity index (χ0) is 16.8. The van der Waals surface area contributed by atoms with Crippen molar-refractivity contribution in [1.29, 1.82) is 0 Å². The van der Waals surface area contributed by atoms with Gasteiger partial charge in [-0.05, 0) is 32.9 Å². The predicted molar refractivity (Wildman–Crippen MR) is 82.2 cm³/mol. The van der Waals surface area contributed by atoms with E-state index in [1.165, 1.54) is 10.7 Å². The van der Waals surface area contributed by atoms with Gasteiger partial charge in [0.1, 0.15) is 5.69 Å². The molecule has 1 atom stereocenters. The lowest BCUT2D eigenvalue weighted by Crippen LogP contribution is -2.18. The Hall–Kier alpha value is -2.70. The van der Waals surface area contributed by atoms with E-state index >= 15 is 0 Å². The minimum atomic E-state index is -0.579. The van der Waals surface area contributed by atoms with E-state index in [4.69, 9.17) is 9.47 Å². The van der Waals surface area contributed by atoms with Crippen molar-refractivity contribution in [2.75, 3.05) is 13.2 Å². The fraction of sp³-hybridized carbons (Fsp3) is 0.375. The molecule has 0 saturated heterocycles. The summed E-state index contributed by atoms with van der Waals surface area (Å²) < 4.78 is 11.4. The molecule has 7 nitrogen and oxygen atoms in total. The number of carbonyl (C=O) groups excluding carboxylic acids is 2. The first-order valence-corrected chi connectivity index (χ1v) is 7.43. The predicted octanol–water partition coefficient (Wildman–Crippen LogP) is 2.24. The third-order valence-corrected chi connectivity index (χ3v) is 3.19. The molecule has 0 spiro atoms. The first-order chi connectivity index (χ1) is 11.1. The number of nitrogens with zero attached hydrogens (tertiary/aromatic N) is 3. The number of ether oxygens (including phenoxy) is 2. The quantitative estimate of drug-likeness (QED) is 0.760. The molecule has 2 aromatic heterocycles. The lowest BCUT2D eigenvalue weighted by Gasteiger charge is -2.14. The highest BCUT2D eigenvalue weighted by atomic mass is 16.5. The van der Waals surface area contributed by atoms with Crippen molar-refractivity contribution >= 4 is 11.9 Å². The summed E-state index contributed by atoms with van der Waals surface area (Å²) in [6.45, 7) is 5.73. The summed E-state index contributed by atoms with van der Waals surface area (Å²) in [6, 6.07) is 6.52. The van der Waals surface area contributed by atoms with Gasteiger partial charge in [0, 0.05) is 12.3 Å². The molecule has 0 amide bonds. The van der Waals surface area contributed by atoms with Crippen molar-refractivity contribution in [3.63, 3.8) is 0 Å². The first kappa shape index (κ1) is 16.7. The Morgan fingerprint density at radius 2 is 1.87 bits per heavy atom. The molecule has 0 bridgehead atoms. The molecule has 2 aromatic rings. The highest BCUT2D eigenvalue weighted by Gasteiger charge is 2.24. The number of hydrogen-bond acceptors (Lipinski definition) is 6. The minimum Gasteiger partial charge on any atom is -0.461 e. The summed E-state index contributed by atoms with van der Waals surface area (Å²) >= 11 is 0. The fourth-order valence-corrected chi connectivity index (χ4v) is 2.10. The van der Waals surface area contributed by atoms with Crippen molar-refractivity contribution in [1.82, 2.24) is 14.8 Å². The van der Waals surface area contributed by atoms with Crippen LogP contribution >= 0.6 is 0 Å². The van der Waals surface area contributed by atoms with E-state index in [-0.39, 0.29) is 30.6 Å². The van der Waals surface area contributed by atoms with Crippen LogP contribution in [0, 0.1) is 0 Å². The van der Waals surface area contributed by atoms with Crippen molar-refractivity contribution in [2.45, 2.75) is 26.8 Å². The van der Waals surface area contributed by atoms with E-state index in [2.05, 4.69) is 10.1 Å². The Balaban J connectivity index is 2.43. The second-order valence-electron chi connectivity index (χ2n) is 4.73. The second kappa shape index (κ2) is 7.53. The molecule has 0 saturated carbocycles. The summed E-state index contributed by atoms with van der Waals surface area (Å²) in [7, 11) is 0. The Bertz CT molecular complexity index is 682. The zero-order valence-corrected chi connectivity index (χ0v) is 13.4. The van der Waals surface area contributed by atoms with E-state index < -0.39 is 11.9 Å². The molecular weight excluding hydrogens is 298 g/mol. The average Bonchev–Trinajstić information content (AvgIpc) is 3.01. The molecule has 0 aliphatic carbocycles. The van der Waals surface area contributed by atoms with Crippen molar-refractivity contribution in [2.24, 2.45) is 0 Å². The van der Waals surface area contributed by atoms with Gasteiger partial charge in [0.25, 0.3) is 0 Å². The normalized spacial score (nSPS) is 11.8. The molecule has 0 aromatic carbocycles. The fourth-order valence-electron chi connectivity index (χ4n) is 2.10. The number of hydrogen-bond donors (Lipinski definition) is 0. The molecule has 0 N–H and O–H groups in total. The highest BCUT2D eigenvalue weighted by Crippen LogP contribution is 2.19. The van der Waals surface area contributed by atoms with Gasteiger partial charge < -0.3 is 9.47 Å². The summed E-state index contributed by atoms with van der Waals surface area (Å²) in [5.41, 5.74) is 0.974. The van der Waals surface area contributed by atoms with Crippen LogP contribution in [0.1, 0.15) is 53.5 Å². The van der Waals surface area contributed by atoms with E-state index in [0.717, 1.165) is 5.69 Å². The van der Waals surface area contributed by atoms with Gasteiger partial charge in [0.2, 0.25) is 0 Å². The molecule has 0 fully saturated rings. The molecule has 0 aliphatic rings. The standard InChI is InChI=1S/C16H19N3O4/c1-4-22-15(20)13-10-14(16(21)23-5-2)19(18-13)11(3)12-8-6-7-9-17-12/h6-11H,4-5H2,1-3H3. The smallest absolute Gasteiger partial charge is 0.358 e. The van der Waals surface area contributed by atoms with E-state index in [9.17, 15) is 9.59 Å². The SMILES string of the molecule is CCOC(=O)c1cc(C(=O)OCC)n(C(C)c2ccccn2)n1. The maximum atomic E-state index is 12.1. The van der Waals surface area contributed by atoms with Gasteiger partial charge in [-0.3, -0.25) is 4.98 Å².